The van der Waals surface area contributed by atoms with Gasteiger partial charge in [-0.3, -0.25) is 13.9 Å². The molecule has 7 nitrogen and oxygen atoms in total. The van der Waals surface area contributed by atoms with E-state index in [1.165, 1.54) is 37.3 Å². The molecule has 1 N–H and O–H groups in total. The number of amides is 2. The Labute approximate surface area is 193 Å². The molecule has 0 aromatic heterocycles. The van der Waals surface area contributed by atoms with Gasteiger partial charge in [-0.15, -0.1) is 0 Å². The second-order valence-corrected chi connectivity index (χ2v) is 9.76. The number of nitrogens with zero attached hydrogens (tertiary/aromatic N) is 2. The minimum atomic E-state index is -3.92. The molecule has 2 atom stereocenters. The lowest BCUT2D eigenvalue weighted by atomic mass is 10.1. The molecule has 2 amide bonds. The van der Waals surface area contributed by atoms with Gasteiger partial charge in [0, 0.05) is 18.2 Å². The number of benzene rings is 2. The summed E-state index contributed by atoms with van der Waals surface area (Å²) < 4.78 is 53.3. The Kier molecular flexibility index (Phi) is 8.92. The van der Waals surface area contributed by atoms with E-state index in [9.17, 15) is 26.8 Å². The van der Waals surface area contributed by atoms with Gasteiger partial charge < -0.3 is 10.2 Å². The highest BCUT2D eigenvalue weighted by Gasteiger charge is 2.30. The number of hydrogen-bond acceptors (Lipinski definition) is 4. The average molecular weight is 482 g/mol. The number of nitrogens with one attached hydrogen (secondary N) is 1. The van der Waals surface area contributed by atoms with Gasteiger partial charge >= 0.3 is 0 Å². The molecule has 0 aliphatic rings. The molecule has 0 aliphatic carbocycles. The molecule has 2 aromatic rings. The van der Waals surface area contributed by atoms with Crippen LogP contribution in [0.3, 0.4) is 0 Å². The van der Waals surface area contributed by atoms with Crippen molar-refractivity contribution in [3.8, 4) is 0 Å². The fourth-order valence-corrected chi connectivity index (χ4v) is 3.93. The lowest BCUT2D eigenvalue weighted by Crippen LogP contribution is -2.52. The Bertz CT molecular complexity index is 1080. The fourth-order valence-electron chi connectivity index (χ4n) is 3.08. The number of sulfonamides is 1. The summed E-state index contributed by atoms with van der Waals surface area (Å²) in [6.07, 6.45) is 1.59. The van der Waals surface area contributed by atoms with Crippen LogP contribution in [0.1, 0.15) is 32.8 Å². The van der Waals surface area contributed by atoms with E-state index in [1.807, 2.05) is 13.8 Å². The molecule has 0 saturated carbocycles. The maximum atomic E-state index is 14.3. The third-order valence-corrected chi connectivity index (χ3v) is 6.40. The maximum absolute atomic E-state index is 14.3. The molecule has 10 heteroatoms. The van der Waals surface area contributed by atoms with Gasteiger partial charge in [-0.1, -0.05) is 25.1 Å². The summed E-state index contributed by atoms with van der Waals surface area (Å²) in [5, 5.41) is 2.79. The molecule has 0 saturated heterocycles. The maximum Gasteiger partial charge on any atom is 0.244 e. The lowest BCUT2D eigenvalue weighted by molar-refractivity contribution is -0.139. The summed E-state index contributed by atoms with van der Waals surface area (Å²) in [5.74, 6) is -2.26. The van der Waals surface area contributed by atoms with Crippen LogP contribution in [-0.2, 0) is 26.2 Å². The number of carbonyl (C=O) groups is 2. The van der Waals surface area contributed by atoms with Gasteiger partial charge in [0.05, 0.1) is 11.9 Å². The first-order valence-corrected chi connectivity index (χ1v) is 12.3. The first kappa shape index (κ1) is 26.2. The first-order valence-electron chi connectivity index (χ1n) is 10.5. The molecule has 180 valence electrons. The Morgan fingerprint density at radius 1 is 1.03 bits per heavy atom. The van der Waals surface area contributed by atoms with Crippen molar-refractivity contribution in [2.24, 2.45) is 0 Å². The van der Waals surface area contributed by atoms with E-state index in [2.05, 4.69) is 5.32 Å². The van der Waals surface area contributed by atoms with Crippen LogP contribution in [0.15, 0.2) is 48.5 Å². The SMILES string of the molecule is CCC(C)NC(=O)C(C)N(Cc1ccccc1F)C(=O)CN(c1ccc(F)cc1)S(C)(=O)=O. The Hall–Kier alpha value is -3.01. The van der Waals surface area contributed by atoms with E-state index < -0.39 is 46.1 Å². The van der Waals surface area contributed by atoms with E-state index in [4.69, 9.17) is 0 Å². The molecule has 0 aliphatic heterocycles. The molecular weight excluding hydrogens is 452 g/mol. The average Bonchev–Trinajstić information content (AvgIpc) is 2.76. The monoisotopic (exact) mass is 481 g/mol. The zero-order valence-electron chi connectivity index (χ0n) is 19.1. The van der Waals surface area contributed by atoms with E-state index in [1.54, 1.807) is 6.07 Å². The van der Waals surface area contributed by atoms with Gasteiger partial charge in [0.2, 0.25) is 21.8 Å². The minimum Gasteiger partial charge on any atom is -0.352 e. The predicted molar refractivity (Wildman–Crippen MR) is 123 cm³/mol. The van der Waals surface area contributed by atoms with Gasteiger partial charge in [-0.05, 0) is 50.6 Å². The van der Waals surface area contributed by atoms with Crippen molar-refractivity contribution in [1.82, 2.24) is 10.2 Å². The molecule has 2 unspecified atom stereocenters. The van der Waals surface area contributed by atoms with Crippen LogP contribution < -0.4 is 9.62 Å². The molecule has 0 heterocycles. The zero-order chi connectivity index (χ0) is 24.8. The Morgan fingerprint density at radius 2 is 1.64 bits per heavy atom. The highest BCUT2D eigenvalue weighted by Crippen LogP contribution is 2.20. The predicted octanol–water partition coefficient (Wildman–Crippen LogP) is 3.06. The Balaban J connectivity index is 2.39. The lowest BCUT2D eigenvalue weighted by Gasteiger charge is -2.32. The van der Waals surface area contributed by atoms with Crippen molar-refractivity contribution in [3.63, 3.8) is 0 Å². The highest BCUT2D eigenvalue weighted by molar-refractivity contribution is 7.92. The van der Waals surface area contributed by atoms with Crippen LogP contribution in [0.4, 0.5) is 14.5 Å². The molecule has 0 spiro atoms. The zero-order valence-corrected chi connectivity index (χ0v) is 19.9. The summed E-state index contributed by atoms with van der Waals surface area (Å²) in [4.78, 5) is 27.2. The van der Waals surface area contributed by atoms with E-state index in [0.717, 1.165) is 27.6 Å². The summed E-state index contributed by atoms with van der Waals surface area (Å²) in [6, 6.07) is 9.34. The van der Waals surface area contributed by atoms with Crippen LogP contribution in [-0.4, -0.2) is 50.0 Å². The quantitative estimate of drug-likeness (QED) is 0.565. The fraction of sp³-hybridized carbons (Fsp3) is 0.391. The summed E-state index contributed by atoms with van der Waals surface area (Å²) >= 11 is 0. The number of carbonyl (C=O) groups excluding carboxylic acids is 2. The number of anilines is 1. The molecule has 2 aromatic carbocycles. The van der Waals surface area contributed by atoms with Gasteiger partial charge in [0.1, 0.15) is 24.2 Å². The number of hydrogen-bond donors (Lipinski definition) is 1. The van der Waals surface area contributed by atoms with Crippen LogP contribution in [0.5, 0.6) is 0 Å². The van der Waals surface area contributed by atoms with Crippen molar-refractivity contribution >= 4 is 27.5 Å². The van der Waals surface area contributed by atoms with Gasteiger partial charge in [0.15, 0.2) is 0 Å². The molecule has 0 radical (unpaired) electrons. The first-order chi connectivity index (χ1) is 15.4. The third-order valence-electron chi connectivity index (χ3n) is 5.26. The van der Waals surface area contributed by atoms with Crippen LogP contribution >= 0.6 is 0 Å². The number of rotatable bonds is 10. The largest absolute Gasteiger partial charge is 0.352 e. The number of halogens is 2. The van der Waals surface area contributed by atoms with Crippen molar-refractivity contribution < 1.29 is 26.8 Å². The highest BCUT2D eigenvalue weighted by atomic mass is 32.2. The second-order valence-electron chi connectivity index (χ2n) is 7.85. The van der Waals surface area contributed by atoms with Crippen LogP contribution in [0, 0.1) is 11.6 Å². The summed E-state index contributed by atoms with van der Waals surface area (Å²) in [6.45, 7) is 4.33. The summed E-state index contributed by atoms with van der Waals surface area (Å²) in [7, 11) is -3.92. The van der Waals surface area contributed by atoms with E-state index >= 15 is 0 Å². The van der Waals surface area contributed by atoms with Crippen molar-refractivity contribution in [2.45, 2.75) is 45.8 Å². The second kappa shape index (κ2) is 11.2. The normalized spacial score (nSPS) is 13.2. The van der Waals surface area contributed by atoms with Crippen molar-refractivity contribution in [2.75, 3.05) is 17.1 Å². The third kappa shape index (κ3) is 7.24. The minimum absolute atomic E-state index is 0.0924. The van der Waals surface area contributed by atoms with E-state index in [-0.39, 0.29) is 23.8 Å². The standard InChI is InChI=1S/C23H29F2N3O4S/c1-5-16(2)26-23(30)17(3)27(14-18-8-6-7-9-21(18)25)22(29)15-28(33(4,31)32)20-12-10-19(24)11-13-20/h6-13,16-17H,5,14-15H2,1-4H3,(H,26,30). The smallest absolute Gasteiger partial charge is 0.244 e. The van der Waals surface area contributed by atoms with Gasteiger partial charge in [0.25, 0.3) is 0 Å². The van der Waals surface area contributed by atoms with Crippen LogP contribution in [0.25, 0.3) is 0 Å². The molecular formula is C23H29F2N3O4S. The Morgan fingerprint density at radius 3 is 2.18 bits per heavy atom. The van der Waals surface area contributed by atoms with Gasteiger partial charge in [-0.25, -0.2) is 17.2 Å². The topological polar surface area (TPSA) is 86.8 Å². The van der Waals surface area contributed by atoms with Crippen molar-refractivity contribution in [3.05, 3.63) is 65.7 Å². The van der Waals surface area contributed by atoms with Crippen LogP contribution in [0.2, 0.25) is 0 Å². The molecule has 2 rings (SSSR count). The van der Waals surface area contributed by atoms with Gasteiger partial charge in [-0.2, -0.15) is 0 Å². The molecule has 0 bridgehead atoms. The molecule has 0 fully saturated rings. The van der Waals surface area contributed by atoms with E-state index in [0.29, 0.717) is 6.42 Å². The molecule has 33 heavy (non-hydrogen) atoms. The van der Waals surface area contributed by atoms with Crippen molar-refractivity contribution in [1.29, 1.82) is 0 Å². The summed E-state index contributed by atoms with van der Waals surface area (Å²) in [5.41, 5.74) is 0.275.